The number of oxazole rings is 1. The van der Waals surface area contributed by atoms with Gasteiger partial charge in [0.1, 0.15) is 52.6 Å². The number of carboxylic acid groups (broad SMARTS) is 3. The molecule has 0 saturated carbocycles. The van der Waals surface area contributed by atoms with Crippen LogP contribution in [0, 0.1) is 52.1 Å². The second-order valence-electron chi connectivity index (χ2n) is 21.0. The fraction of sp³-hybridized carbons (Fsp3) is 0.158. The number of Topliss-reactive ketones (excluding diaryl/α,β-unsaturated/α-hetero) is 1. The van der Waals surface area contributed by atoms with E-state index in [0.717, 1.165) is 78.0 Å². The summed E-state index contributed by atoms with van der Waals surface area (Å²) >= 11 is 17.7. The van der Waals surface area contributed by atoms with Crippen LogP contribution in [0.15, 0.2) is 209 Å². The molecule has 0 unspecified atom stereocenters. The van der Waals surface area contributed by atoms with Gasteiger partial charge in [-0.2, -0.15) is 29.4 Å². The van der Waals surface area contributed by atoms with Gasteiger partial charge >= 0.3 is 36.4 Å². The third kappa shape index (κ3) is 51.5. The standard InChI is InChI=1S/C14H16FN3O2S.C11H11FN2S.C11H10FNO.C8H7FN2O2.C7H5Br2FN2.C7H4ClFO.C6H7FN2.C4H5NO.C4H6O2.C2H4O3.2CO2/c1-18(2)7-8-21-14-16-11(12(17-14)13(19)20)9-3-5-10(15)6-4-9;1-2-9-10(14-11(15)13-9)7-3-5-8(12)6-4-7;1-2-10-11(14-7-13-10)8-3-5-9(12)6-4-8;9-6-1-3-7(4-2-6)11-10-5-8(12)13;8-7(9)12-11-6-3-1-5(10)2-4-6;8-7(10)5-1-3-6(9)4-2-5;7-5-1-3-6(9-8)4-2-5;1-4(6)3-5-2;1-3-4(5)6-2;1-5-2(3)4;2*2-1-3/h3-6H,7-8H2,1-2H3,(H,16,17)(H,19,20);3-6H,2H2,1H3,(H2,13,14,15);3-7H,2H2,1H3;1-5,11H,(H,12,13);1-4,11H;1-4H;1-4,9H,8H2;3H2,1H3;3H,1H2,2H3;1H3,(H,3,4);;/b;;;10-5-;;;;;;;;. The molecule has 3 aromatic heterocycles. The molecule has 0 bridgehead atoms. The average molecular weight is 1820 g/mol. The predicted octanol–water partition coefficient (Wildman–Crippen LogP) is 17.0. The molecule has 622 valence electrons. The summed E-state index contributed by atoms with van der Waals surface area (Å²) in [6.07, 6.45) is 4.16. The SMILES string of the molecule is C=CC(=O)OC.CCc1[nH]c(=S)[nH]c1-c1ccc(F)cc1.CCc1ncoc1-c1ccc(F)cc1.CN(C)CCSc1nc(-c2ccc(F)cc2)c(C(=O)O)[nH]1.COC(=O)O.Fc1ccc(NN=C(Br)Br)cc1.NNc1ccc(F)cc1.O=C(Cl)c1ccc(F)cc1.O=C(O)/C=N\Nc1ccc(F)cc1.O=C=O.O=C=O.[C-]#[N+]CC(C)=O. The van der Waals surface area contributed by atoms with Gasteiger partial charge in [0, 0.05) is 53.4 Å². The number of hydrazone groups is 2. The van der Waals surface area contributed by atoms with Crippen LogP contribution in [0.4, 0.5) is 52.6 Å². The third-order valence-corrected chi connectivity index (χ3v) is 14.0. The van der Waals surface area contributed by atoms with E-state index >= 15 is 0 Å². The van der Waals surface area contributed by atoms with Crippen LogP contribution in [0.2, 0.25) is 0 Å². The molecule has 0 amide bonds. The highest BCUT2D eigenvalue weighted by Gasteiger charge is 2.19. The van der Waals surface area contributed by atoms with Crippen LogP contribution in [0.3, 0.4) is 0 Å². The number of H-pyrrole nitrogens is 3. The maximum absolute atomic E-state index is 13.0. The number of aromatic carboxylic acids is 1. The molecule has 3 heterocycles. The molecule has 0 aliphatic carbocycles. The minimum atomic E-state index is -1.25. The molecule has 0 aliphatic heterocycles. The lowest BCUT2D eigenvalue weighted by molar-refractivity contribution is -0.193. The number of benzene rings is 7. The normalized spacial score (nSPS) is 9.28. The van der Waals surface area contributed by atoms with Gasteiger partial charge in [-0.25, -0.2) is 66.5 Å². The Morgan fingerprint density at radius 3 is 1.44 bits per heavy atom. The number of nitrogens with two attached hydrogens (primary N) is 1. The number of carboxylic acids is 2. The fourth-order valence-electron chi connectivity index (χ4n) is 7.26. The molecule has 10 rings (SSSR count). The first-order valence-corrected chi connectivity index (χ1v) is 35.7. The zero-order valence-electron chi connectivity index (χ0n) is 62.6. The lowest BCUT2D eigenvalue weighted by Gasteiger charge is -2.06. The van der Waals surface area contributed by atoms with Crippen LogP contribution in [0.25, 0.3) is 38.7 Å². The van der Waals surface area contributed by atoms with E-state index in [1.165, 1.54) is 154 Å². The Morgan fingerprint density at radius 1 is 0.675 bits per heavy atom. The van der Waals surface area contributed by atoms with E-state index in [0.29, 0.717) is 47.9 Å². The van der Waals surface area contributed by atoms with E-state index in [4.69, 9.17) is 74.8 Å². The summed E-state index contributed by atoms with van der Waals surface area (Å²) < 4.78 is 102. The molecule has 0 atom stereocenters. The number of aliphatic carboxylic acids is 1. The van der Waals surface area contributed by atoms with Crippen LogP contribution in [-0.2, 0) is 55.9 Å². The van der Waals surface area contributed by atoms with Crippen molar-refractivity contribution in [3.05, 3.63) is 268 Å². The maximum atomic E-state index is 13.0. The molecule has 117 heavy (non-hydrogen) atoms. The number of esters is 1. The molecule has 10 aromatic rings. The number of hydrazine groups is 1. The van der Waals surface area contributed by atoms with Gasteiger partial charge in [-0.1, -0.05) is 32.2 Å². The molecule has 0 radical (unpaired) electrons. The van der Waals surface area contributed by atoms with Crippen LogP contribution >= 0.6 is 67.4 Å². The number of rotatable bonds is 19. The summed E-state index contributed by atoms with van der Waals surface area (Å²) in [4.78, 5) is 115. The molecule has 0 saturated heterocycles. The van der Waals surface area contributed by atoms with Crippen LogP contribution in [0.1, 0.15) is 53.0 Å². The smallest absolute Gasteiger partial charge is 0.477 e. The monoisotopic (exact) mass is 1820 g/mol. The zero-order chi connectivity index (χ0) is 88.8. The summed E-state index contributed by atoms with van der Waals surface area (Å²) in [6.45, 7) is 15.6. The number of methoxy groups -OCH3 is 2. The Kier molecular flexibility index (Phi) is 57.7. The third-order valence-electron chi connectivity index (χ3n) is 12.4. The quantitative estimate of drug-likeness (QED) is 0.00343. The number of thioether (sulfide) groups is 1. The Labute approximate surface area is 695 Å². The van der Waals surface area contributed by atoms with Gasteiger partial charge < -0.3 is 59.3 Å². The first-order chi connectivity index (χ1) is 55.5. The summed E-state index contributed by atoms with van der Waals surface area (Å²) in [7, 11) is 6.34. The number of ether oxygens (including phenoxy) is 2. The van der Waals surface area contributed by atoms with E-state index in [9.17, 15) is 59.8 Å². The van der Waals surface area contributed by atoms with Crippen LogP contribution in [-0.4, -0.2) is 149 Å². The zero-order valence-corrected chi connectivity index (χ0v) is 68.2. The molecular formula is C76H75Br2ClF7N13O16S2. The van der Waals surface area contributed by atoms with Gasteiger partial charge in [0.05, 0.1) is 37.0 Å². The van der Waals surface area contributed by atoms with E-state index in [-0.39, 0.29) is 71.0 Å². The highest BCUT2D eigenvalue weighted by Crippen LogP contribution is 2.27. The summed E-state index contributed by atoms with van der Waals surface area (Å²) in [6, 6.07) is 40.4. The fourth-order valence-corrected chi connectivity index (χ4v) is 8.77. The number of ketones is 1. The number of imidazole rings is 2. The number of aromatic amines is 3. The summed E-state index contributed by atoms with van der Waals surface area (Å²) in [5, 5.41) is 32.1. The maximum Gasteiger partial charge on any atom is 0.505 e. The van der Waals surface area contributed by atoms with Crippen molar-refractivity contribution in [2.75, 3.05) is 63.4 Å². The minimum absolute atomic E-state index is 0.0222. The van der Waals surface area contributed by atoms with Crippen molar-refractivity contribution in [3.8, 4) is 33.8 Å². The number of aryl methyl sites for hydroxylation is 2. The number of hydrogen-bond acceptors (Lipinski definition) is 24. The Balaban J connectivity index is 0. The first-order valence-electron chi connectivity index (χ1n) is 32.3. The molecule has 0 aliphatic rings. The van der Waals surface area contributed by atoms with Crippen molar-refractivity contribution in [2.24, 2.45) is 16.0 Å². The molecule has 29 nitrogen and oxygen atoms in total. The Bertz CT molecular complexity index is 4830. The van der Waals surface area contributed by atoms with Crippen molar-refractivity contribution in [1.82, 2.24) is 29.8 Å². The van der Waals surface area contributed by atoms with Crippen molar-refractivity contribution in [1.29, 1.82) is 0 Å². The van der Waals surface area contributed by atoms with Gasteiger partial charge in [0.15, 0.2) is 31.3 Å². The number of hydrogen-bond donors (Lipinski definition) is 10. The Morgan fingerprint density at radius 2 is 1.09 bits per heavy atom. The van der Waals surface area contributed by atoms with Gasteiger partial charge in [-0.3, -0.25) is 26.3 Å². The molecule has 0 spiro atoms. The van der Waals surface area contributed by atoms with E-state index in [1.54, 1.807) is 48.5 Å². The molecular weight excluding hydrogens is 1740 g/mol. The van der Waals surface area contributed by atoms with Gasteiger partial charge in [0.2, 0.25) is 5.78 Å². The lowest BCUT2D eigenvalue weighted by atomic mass is 10.1. The number of nitrogens with one attached hydrogen (secondary N) is 6. The number of aromatic nitrogens is 5. The number of carbonyl (C=O) groups excluding carboxylic acids is 7. The number of nitrogen functional groups attached to an aromatic ring is 1. The van der Waals surface area contributed by atoms with Gasteiger partial charge in [-0.15, -0.1) is 0 Å². The topological polar surface area (TPSA) is 431 Å². The van der Waals surface area contributed by atoms with Gasteiger partial charge in [0.25, 0.3) is 11.8 Å². The largest absolute Gasteiger partial charge is 0.505 e. The Hall–Kier alpha value is -12.8. The molecule has 41 heteroatoms. The number of anilines is 3. The van der Waals surface area contributed by atoms with Crippen LogP contribution in [0.5, 0.6) is 0 Å². The van der Waals surface area contributed by atoms with Gasteiger partial charge in [-0.05, 0) is 258 Å². The summed E-state index contributed by atoms with van der Waals surface area (Å²) in [5.41, 5.74) is 15.4. The second-order valence-corrected chi connectivity index (χ2v) is 25.4. The van der Waals surface area contributed by atoms with Crippen molar-refractivity contribution in [2.45, 2.75) is 38.8 Å². The lowest BCUT2D eigenvalue weighted by Crippen LogP contribution is -2.14. The van der Waals surface area contributed by atoms with E-state index in [1.807, 2.05) is 32.8 Å². The first kappa shape index (κ1) is 106. The second kappa shape index (κ2) is 63.6. The highest BCUT2D eigenvalue weighted by atomic mass is 79.9. The number of carbonyl (C=O) groups is 6. The summed E-state index contributed by atoms with van der Waals surface area (Å²) in [5.74, 6) is 1.78. The van der Waals surface area contributed by atoms with Crippen molar-refractivity contribution in [3.63, 3.8) is 0 Å². The van der Waals surface area contributed by atoms with Crippen LogP contribution < -0.4 is 22.1 Å². The molecule has 0 fully saturated rings. The minimum Gasteiger partial charge on any atom is -0.477 e. The van der Waals surface area contributed by atoms with E-state index < -0.39 is 29.3 Å². The van der Waals surface area contributed by atoms with Crippen molar-refractivity contribution < 1.29 is 108 Å². The molecule has 11 N–H and O–H groups in total. The highest BCUT2D eigenvalue weighted by molar-refractivity contribution is 9.39. The van der Waals surface area contributed by atoms with E-state index in [2.05, 4.69) is 104 Å². The number of nitrogens with zero attached hydrogens (tertiary/aromatic N) is 6. The number of halogens is 10. The average Bonchev–Trinajstić information content (AvgIpc) is 1.71. The predicted molar refractivity (Wildman–Crippen MR) is 434 cm³/mol. The van der Waals surface area contributed by atoms with Crippen molar-refractivity contribution >= 4 is 142 Å². The molecule has 7 aromatic carbocycles.